The highest BCUT2D eigenvalue weighted by molar-refractivity contribution is 5.69. The quantitative estimate of drug-likeness (QED) is 0.739. The largest absolute Gasteiger partial charge is 0.481 e. The van der Waals surface area contributed by atoms with Crippen LogP contribution in [-0.2, 0) is 4.79 Å². The number of hydrogen-bond acceptors (Lipinski definition) is 1. The molecule has 0 aromatic heterocycles. The van der Waals surface area contributed by atoms with E-state index in [-0.39, 0.29) is 5.92 Å². The molecule has 0 aromatic carbocycles. The molecule has 88 valence electrons. The second-order valence-corrected chi connectivity index (χ2v) is 3.00. The standard InChI is InChI=1S/C5H10O2.C5H12.C2H6/c1-3-4(2)5(6)7;1-3-5-4-2;1-2/h4H,3H2,1-2H3,(H,6,7);3-5H2,1-2H3;1-2H3. The molecule has 0 aliphatic carbocycles. The molecule has 0 heterocycles. The first kappa shape index (κ1) is 19.1. The molecule has 0 saturated heterocycles. The van der Waals surface area contributed by atoms with Gasteiger partial charge in [-0.2, -0.15) is 0 Å². The van der Waals surface area contributed by atoms with Crippen molar-refractivity contribution >= 4 is 5.97 Å². The molecule has 14 heavy (non-hydrogen) atoms. The van der Waals surface area contributed by atoms with Crippen LogP contribution in [0.1, 0.15) is 67.2 Å². The Balaban J connectivity index is -0.000000152. The van der Waals surface area contributed by atoms with Crippen molar-refractivity contribution in [3.63, 3.8) is 0 Å². The maximum absolute atomic E-state index is 9.93. The van der Waals surface area contributed by atoms with E-state index < -0.39 is 5.97 Å². The van der Waals surface area contributed by atoms with Gasteiger partial charge < -0.3 is 5.11 Å². The molecule has 1 N–H and O–H groups in total. The molecule has 1 atom stereocenters. The highest BCUT2D eigenvalue weighted by Crippen LogP contribution is 1.97. The third-order valence-electron chi connectivity index (χ3n) is 1.74. The summed E-state index contributed by atoms with van der Waals surface area (Å²) in [6, 6.07) is 0. The van der Waals surface area contributed by atoms with Gasteiger partial charge in [0.25, 0.3) is 0 Å². The van der Waals surface area contributed by atoms with Crippen LogP contribution in [-0.4, -0.2) is 11.1 Å². The smallest absolute Gasteiger partial charge is 0.306 e. The third kappa shape index (κ3) is 22.5. The third-order valence-corrected chi connectivity index (χ3v) is 1.74. The molecule has 0 aliphatic heterocycles. The minimum absolute atomic E-state index is 0.181. The molecule has 0 rings (SSSR count). The van der Waals surface area contributed by atoms with Crippen molar-refractivity contribution in [2.75, 3.05) is 0 Å². The number of carboxylic acid groups (broad SMARTS) is 1. The summed E-state index contributed by atoms with van der Waals surface area (Å²) >= 11 is 0. The van der Waals surface area contributed by atoms with Gasteiger partial charge in [0.05, 0.1) is 5.92 Å². The first-order valence-electron chi connectivity index (χ1n) is 5.82. The van der Waals surface area contributed by atoms with Crippen molar-refractivity contribution in [3.05, 3.63) is 0 Å². The fraction of sp³-hybridized carbons (Fsp3) is 0.917. The van der Waals surface area contributed by atoms with Gasteiger partial charge in [-0.3, -0.25) is 4.79 Å². The summed E-state index contributed by atoms with van der Waals surface area (Å²) in [6.07, 6.45) is 4.79. The summed E-state index contributed by atoms with van der Waals surface area (Å²) < 4.78 is 0. The molecular weight excluding hydrogens is 176 g/mol. The van der Waals surface area contributed by atoms with Crippen molar-refractivity contribution in [1.82, 2.24) is 0 Å². The van der Waals surface area contributed by atoms with Gasteiger partial charge in [-0.25, -0.2) is 0 Å². The second kappa shape index (κ2) is 18.3. The molecule has 0 spiro atoms. The van der Waals surface area contributed by atoms with Gasteiger partial charge in [-0.15, -0.1) is 0 Å². The van der Waals surface area contributed by atoms with Crippen molar-refractivity contribution in [1.29, 1.82) is 0 Å². The average molecular weight is 204 g/mol. The first-order chi connectivity index (χ1) is 6.59. The van der Waals surface area contributed by atoms with Crippen LogP contribution in [0.15, 0.2) is 0 Å². The minimum atomic E-state index is -0.706. The number of carboxylic acids is 1. The molecule has 2 nitrogen and oxygen atoms in total. The minimum Gasteiger partial charge on any atom is -0.481 e. The zero-order valence-electron chi connectivity index (χ0n) is 10.8. The van der Waals surface area contributed by atoms with Crippen LogP contribution in [0, 0.1) is 5.92 Å². The monoisotopic (exact) mass is 204 g/mol. The number of hydrogen-bond donors (Lipinski definition) is 1. The Hall–Kier alpha value is -0.530. The van der Waals surface area contributed by atoms with Crippen LogP contribution < -0.4 is 0 Å². The van der Waals surface area contributed by atoms with Crippen molar-refractivity contribution in [2.24, 2.45) is 5.92 Å². The van der Waals surface area contributed by atoms with Crippen LogP contribution in [0.5, 0.6) is 0 Å². The summed E-state index contributed by atoms with van der Waals surface area (Å²) in [5.41, 5.74) is 0. The lowest BCUT2D eigenvalue weighted by atomic mass is 10.1. The maximum Gasteiger partial charge on any atom is 0.306 e. The van der Waals surface area contributed by atoms with Crippen LogP contribution in [0.4, 0.5) is 0 Å². The summed E-state index contributed by atoms with van der Waals surface area (Å²) in [5, 5.41) is 8.18. The Labute approximate surface area is 89.7 Å². The van der Waals surface area contributed by atoms with Crippen molar-refractivity contribution in [3.8, 4) is 0 Å². The predicted octanol–water partition coefficient (Wildman–Crippen LogP) is 4.34. The summed E-state index contributed by atoms with van der Waals surface area (Å²) in [4.78, 5) is 9.93. The highest BCUT2D eigenvalue weighted by atomic mass is 16.4. The van der Waals surface area contributed by atoms with E-state index in [1.807, 2.05) is 20.8 Å². The molecule has 0 saturated carbocycles. The number of aliphatic carboxylic acids is 1. The van der Waals surface area contributed by atoms with Gasteiger partial charge >= 0.3 is 5.97 Å². The molecule has 0 aliphatic rings. The fourth-order valence-electron chi connectivity index (χ4n) is 0.528. The molecule has 2 heteroatoms. The average Bonchev–Trinajstić information content (AvgIpc) is 2.21. The van der Waals surface area contributed by atoms with Gasteiger partial charge in [0, 0.05) is 0 Å². The summed E-state index contributed by atoms with van der Waals surface area (Å²) in [6.45, 7) is 12.0. The Morgan fingerprint density at radius 2 is 1.50 bits per heavy atom. The Morgan fingerprint density at radius 3 is 1.50 bits per heavy atom. The lowest BCUT2D eigenvalue weighted by Crippen LogP contribution is -2.06. The van der Waals surface area contributed by atoms with E-state index in [0.29, 0.717) is 0 Å². The molecule has 0 fully saturated rings. The van der Waals surface area contributed by atoms with Gasteiger partial charge in [0.1, 0.15) is 0 Å². The van der Waals surface area contributed by atoms with Crippen molar-refractivity contribution < 1.29 is 9.90 Å². The number of carbonyl (C=O) groups is 1. The Morgan fingerprint density at radius 1 is 1.14 bits per heavy atom. The fourth-order valence-corrected chi connectivity index (χ4v) is 0.528. The zero-order valence-corrected chi connectivity index (χ0v) is 10.8. The number of rotatable bonds is 4. The SMILES string of the molecule is CC.CCC(C)C(=O)O.CCCCC. The highest BCUT2D eigenvalue weighted by Gasteiger charge is 2.05. The van der Waals surface area contributed by atoms with Gasteiger partial charge in [-0.05, 0) is 6.42 Å². The van der Waals surface area contributed by atoms with Crippen LogP contribution in [0.3, 0.4) is 0 Å². The van der Waals surface area contributed by atoms with Gasteiger partial charge in [-0.1, -0.05) is 60.8 Å². The van der Waals surface area contributed by atoms with E-state index in [9.17, 15) is 4.79 Å². The van der Waals surface area contributed by atoms with Crippen LogP contribution in [0.25, 0.3) is 0 Å². The van der Waals surface area contributed by atoms with E-state index >= 15 is 0 Å². The van der Waals surface area contributed by atoms with E-state index in [2.05, 4.69) is 13.8 Å². The van der Waals surface area contributed by atoms with Gasteiger partial charge in [0.15, 0.2) is 0 Å². The lowest BCUT2D eigenvalue weighted by Gasteiger charge is -1.96. The van der Waals surface area contributed by atoms with Gasteiger partial charge in [0.2, 0.25) is 0 Å². The van der Waals surface area contributed by atoms with E-state index in [4.69, 9.17) is 5.11 Å². The van der Waals surface area contributed by atoms with E-state index in [1.54, 1.807) is 6.92 Å². The lowest BCUT2D eigenvalue weighted by molar-refractivity contribution is -0.141. The second-order valence-electron chi connectivity index (χ2n) is 3.00. The van der Waals surface area contributed by atoms with Crippen LogP contribution in [0.2, 0.25) is 0 Å². The summed E-state index contributed by atoms with van der Waals surface area (Å²) in [5.74, 6) is -0.887. The molecule has 0 amide bonds. The molecule has 0 radical (unpaired) electrons. The Bertz CT molecular complexity index is 98.5. The predicted molar refractivity (Wildman–Crippen MR) is 63.6 cm³/mol. The molecule has 1 unspecified atom stereocenters. The van der Waals surface area contributed by atoms with Crippen molar-refractivity contribution in [2.45, 2.75) is 67.2 Å². The van der Waals surface area contributed by atoms with E-state index in [1.165, 1.54) is 19.3 Å². The maximum atomic E-state index is 9.93. The normalized spacial score (nSPS) is 10.1. The molecule has 0 aromatic rings. The summed E-state index contributed by atoms with van der Waals surface area (Å²) in [7, 11) is 0. The number of unbranched alkanes of at least 4 members (excludes halogenated alkanes) is 2. The Kier molecular flexibility index (Phi) is 25.0. The van der Waals surface area contributed by atoms with Crippen LogP contribution >= 0.6 is 0 Å². The molecule has 0 bridgehead atoms. The topological polar surface area (TPSA) is 37.3 Å². The zero-order chi connectivity index (χ0) is 12.0. The molecular formula is C12H28O2. The first-order valence-corrected chi connectivity index (χ1v) is 5.82. The van der Waals surface area contributed by atoms with E-state index in [0.717, 1.165) is 6.42 Å².